The Labute approximate surface area is 115 Å². The Morgan fingerprint density at radius 3 is 2.63 bits per heavy atom. The summed E-state index contributed by atoms with van der Waals surface area (Å²) in [5.74, 6) is 0. The number of nitrogens with zero attached hydrogens (tertiary/aromatic N) is 3. The normalized spacial score (nSPS) is 11.2. The Kier molecular flexibility index (Phi) is 4.38. The topological polar surface area (TPSA) is 21.1 Å². The third-order valence-corrected chi connectivity index (χ3v) is 3.48. The summed E-state index contributed by atoms with van der Waals surface area (Å²) >= 11 is 0. The molecule has 3 nitrogen and oxygen atoms in total. The molecule has 2 aromatic rings. The highest BCUT2D eigenvalue weighted by Crippen LogP contribution is 2.12. The number of aryl methyl sites for hydroxylation is 2. The maximum Gasteiger partial charge on any atom is 0.0537 e. The third kappa shape index (κ3) is 3.44. The molecule has 19 heavy (non-hydrogen) atoms. The Hall–Kier alpha value is -1.61. The summed E-state index contributed by atoms with van der Waals surface area (Å²) in [6.07, 6.45) is 1.99. The van der Waals surface area contributed by atoms with E-state index in [-0.39, 0.29) is 0 Å². The van der Waals surface area contributed by atoms with Gasteiger partial charge in [-0.1, -0.05) is 29.8 Å². The van der Waals surface area contributed by atoms with Crippen LogP contribution in [0.3, 0.4) is 0 Å². The third-order valence-electron chi connectivity index (χ3n) is 3.48. The van der Waals surface area contributed by atoms with Crippen molar-refractivity contribution in [1.82, 2.24) is 14.7 Å². The molecule has 0 unspecified atom stereocenters. The van der Waals surface area contributed by atoms with E-state index in [0.29, 0.717) is 0 Å². The van der Waals surface area contributed by atoms with E-state index in [2.05, 4.69) is 66.8 Å². The largest absolute Gasteiger partial charge is 0.298 e. The highest BCUT2D eigenvalue weighted by molar-refractivity contribution is 5.22. The molecule has 0 aliphatic heterocycles. The molecule has 1 aromatic carbocycles. The van der Waals surface area contributed by atoms with Crippen LogP contribution in [0.1, 0.15) is 29.3 Å². The van der Waals surface area contributed by atoms with E-state index in [4.69, 9.17) is 0 Å². The van der Waals surface area contributed by atoms with Gasteiger partial charge < -0.3 is 0 Å². The van der Waals surface area contributed by atoms with Crippen LogP contribution in [-0.4, -0.2) is 21.7 Å². The van der Waals surface area contributed by atoms with Crippen LogP contribution >= 0.6 is 0 Å². The zero-order valence-electron chi connectivity index (χ0n) is 12.3. The molecular weight excluding hydrogens is 234 g/mol. The molecule has 0 fully saturated rings. The molecule has 0 bridgehead atoms. The molecule has 0 atom stereocenters. The van der Waals surface area contributed by atoms with Crippen molar-refractivity contribution in [2.75, 3.05) is 7.05 Å². The van der Waals surface area contributed by atoms with Gasteiger partial charge in [-0.2, -0.15) is 5.10 Å². The van der Waals surface area contributed by atoms with Crippen molar-refractivity contribution >= 4 is 0 Å². The van der Waals surface area contributed by atoms with Crippen molar-refractivity contribution in [2.45, 2.75) is 40.4 Å². The molecule has 2 rings (SSSR count). The molecule has 0 radical (unpaired) electrons. The summed E-state index contributed by atoms with van der Waals surface area (Å²) in [6.45, 7) is 9.26. The Balaban J connectivity index is 2.01. The average molecular weight is 257 g/mol. The van der Waals surface area contributed by atoms with Crippen molar-refractivity contribution < 1.29 is 0 Å². The number of aromatic nitrogens is 2. The summed E-state index contributed by atoms with van der Waals surface area (Å²) in [6, 6.07) is 8.70. The summed E-state index contributed by atoms with van der Waals surface area (Å²) in [5.41, 5.74) is 5.28. The van der Waals surface area contributed by atoms with Crippen LogP contribution in [0.25, 0.3) is 0 Å². The fraction of sp³-hybridized carbons (Fsp3) is 0.438. The molecule has 1 aromatic heterocycles. The molecule has 0 spiro atoms. The lowest BCUT2D eigenvalue weighted by molar-refractivity contribution is 0.318. The van der Waals surface area contributed by atoms with Gasteiger partial charge in [-0.05, 0) is 33.4 Å². The van der Waals surface area contributed by atoms with Gasteiger partial charge in [0, 0.05) is 30.9 Å². The van der Waals surface area contributed by atoms with Gasteiger partial charge in [0.1, 0.15) is 0 Å². The second kappa shape index (κ2) is 6.02. The monoisotopic (exact) mass is 257 g/mol. The summed E-state index contributed by atoms with van der Waals surface area (Å²) in [4.78, 5) is 2.33. The molecule has 0 aliphatic carbocycles. The van der Waals surface area contributed by atoms with Crippen LogP contribution in [0.15, 0.2) is 30.5 Å². The minimum absolute atomic E-state index is 0.938. The van der Waals surface area contributed by atoms with E-state index >= 15 is 0 Å². The Morgan fingerprint density at radius 1 is 1.21 bits per heavy atom. The van der Waals surface area contributed by atoms with Crippen molar-refractivity contribution in [2.24, 2.45) is 0 Å². The highest BCUT2D eigenvalue weighted by Gasteiger charge is 2.08. The molecule has 0 amide bonds. The first-order valence-corrected chi connectivity index (χ1v) is 6.85. The number of rotatable bonds is 5. The second-order valence-corrected chi connectivity index (χ2v) is 5.23. The van der Waals surface area contributed by atoms with Gasteiger partial charge in [-0.3, -0.25) is 9.58 Å². The molecule has 3 heteroatoms. The lowest BCUT2D eigenvalue weighted by Gasteiger charge is -2.17. The smallest absolute Gasteiger partial charge is 0.0537 e. The van der Waals surface area contributed by atoms with Crippen LogP contribution in [0.4, 0.5) is 0 Å². The van der Waals surface area contributed by atoms with Crippen molar-refractivity contribution in [3.63, 3.8) is 0 Å². The lowest BCUT2D eigenvalue weighted by atomic mass is 10.1. The van der Waals surface area contributed by atoms with E-state index in [9.17, 15) is 0 Å². The molecule has 0 saturated heterocycles. The van der Waals surface area contributed by atoms with Gasteiger partial charge in [-0.15, -0.1) is 0 Å². The van der Waals surface area contributed by atoms with E-state index in [1.807, 2.05) is 6.20 Å². The van der Waals surface area contributed by atoms with Crippen LogP contribution in [-0.2, 0) is 19.6 Å². The highest BCUT2D eigenvalue weighted by atomic mass is 15.3. The van der Waals surface area contributed by atoms with Crippen LogP contribution in [0.5, 0.6) is 0 Å². The zero-order chi connectivity index (χ0) is 13.8. The minimum atomic E-state index is 0.938. The molecule has 1 heterocycles. The maximum atomic E-state index is 4.40. The predicted molar refractivity (Wildman–Crippen MR) is 79.0 cm³/mol. The van der Waals surface area contributed by atoms with E-state index in [0.717, 1.165) is 19.6 Å². The second-order valence-electron chi connectivity index (χ2n) is 5.23. The minimum Gasteiger partial charge on any atom is -0.298 e. The first kappa shape index (κ1) is 13.8. The first-order chi connectivity index (χ1) is 9.10. The standard InChI is InChI=1S/C16H23N3/c1-5-19-14(3)16(10-17-19)12-18(4)11-15-8-6-7-13(2)9-15/h6-10H,5,11-12H2,1-4H3. The van der Waals surface area contributed by atoms with E-state index < -0.39 is 0 Å². The molecule has 0 aliphatic rings. The van der Waals surface area contributed by atoms with Crippen molar-refractivity contribution in [1.29, 1.82) is 0 Å². The van der Waals surface area contributed by atoms with Crippen LogP contribution in [0, 0.1) is 13.8 Å². The van der Waals surface area contributed by atoms with Gasteiger partial charge in [0.05, 0.1) is 6.20 Å². The van der Waals surface area contributed by atoms with E-state index in [1.165, 1.54) is 22.4 Å². The number of hydrogen-bond acceptors (Lipinski definition) is 2. The fourth-order valence-corrected chi connectivity index (χ4v) is 2.43. The predicted octanol–water partition coefficient (Wildman–Crippen LogP) is 3.15. The Morgan fingerprint density at radius 2 is 2.00 bits per heavy atom. The maximum absolute atomic E-state index is 4.40. The first-order valence-electron chi connectivity index (χ1n) is 6.85. The summed E-state index contributed by atoms with van der Waals surface area (Å²) in [7, 11) is 2.16. The quantitative estimate of drug-likeness (QED) is 0.820. The summed E-state index contributed by atoms with van der Waals surface area (Å²) < 4.78 is 2.05. The van der Waals surface area contributed by atoms with Crippen molar-refractivity contribution in [3.8, 4) is 0 Å². The Bertz CT molecular complexity index is 543. The summed E-state index contributed by atoms with van der Waals surface area (Å²) in [5, 5.41) is 4.40. The van der Waals surface area contributed by atoms with Gasteiger partial charge >= 0.3 is 0 Å². The van der Waals surface area contributed by atoms with Gasteiger partial charge in [0.2, 0.25) is 0 Å². The fourth-order valence-electron chi connectivity index (χ4n) is 2.43. The zero-order valence-corrected chi connectivity index (χ0v) is 12.3. The lowest BCUT2D eigenvalue weighted by Crippen LogP contribution is -2.17. The molecular formula is C16H23N3. The van der Waals surface area contributed by atoms with Gasteiger partial charge in [-0.25, -0.2) is 0 Å². The van der Waals surface area contributed by atoms with Crippen molar-refractivity contribution in [3.05, 3.63) is 52.8 Å². The van der Waals surface area contributed by atoms with Crippen LogP contribution < -0.4 is 0 Å². The van der Waals surface area contributed by atoms with Gasteiger partial charge in [0.25, 0.3) is 0 Å². The molecule has 0 N–H and O–H groups in total. The van der Waals surface area contributed by atoms with Gasteiger partial charge in [0.15, 0.2) is 0 Å². The van der Waals surface area contributed by atoms with Crippen LogP contribution in [0.2, 0.25) is 0 Å². The molecule has 0 saturated carbocycles. The average Bonchev–Trinajstić information content (AvgIpc) is 2.70. The number of benzene rings is 1. The van der Waals surface area contributed by atoms with E-state index in [1.54, 1.807) is 0 Å². The SMILES string of the molecule is CCn1ncc(CN(C)Cc2cccc(C)c2)c1C. The number of hydrogen-bond donors (Lipinski definition) is 0. The molecule has 102 valence electrons.